The molecule has 1 heterocycles. The Morgan fingerprint density at radius 3 is 2.85 bits per heavy atom. The van der Waals surface area contributed by atoms with Gasteiger partial charge in [-0.05, 0) is 19.3 Å². The minimum Gasteiger partial charge on any atom is -0.380 e. The molecule has 6 heteroatoms. The highest BCUT2D eigenvalue weighted by atomic mass is 16.5. The molecule has 0 spiro atoms. The minimum atomic E-state index is -0.232. The van der Waals surface area contributed by atoms with E-state index in [0.717, 1.165) is 19.6 Å². The molecule has 0 radical (unpaired) electrons. The number of carbonyl (C=O) groups excluding carboxylic acids is 1. The van der Waals surface area contributed by atoms with E-state index in [2.05, 4.69) is 34.4 Å². The molecule has 0 saturated heterocycles. The fourth-order valence-electron chi connectivity index (χ4n) is 1.49. The van der Waals surface area contributed by atoms with Crippen LogP contribution in [0.3, 0.4) is 0 Å². The lowest BCUT2D eigenvalue weighted by Gasteiger charge is -2.08. The largest absolute Gasteiger partial charge is 0.380 e. The zero-order chi connectivity index (χ0) is 14.8. The third-order valence-electron chi connectivity index (χ3n) is 2.60. The SMILES string of the molecule is CCNc1cncc(C(=O)NCCOCCC(C)C)n1. The van der Waals surface area contributed by atoms with Gasteiger partial charge in [0.05, 0.1) is 19.0 Å². The predicted octanol–water partition coefficient (Wildman–Crippen LogP) is 1.70. The molecular weight excluding hydrogens is 256 g/mol. The number of rotatable bonds is 9. The van der Waals surface area contributed by atoms with Gasteiger partial charge in [0, 0.05) is 19.7 Å². The lowest BCUT2D eigenvalue weighted by molar-refractivity contribution is 0.0901. The molecule has 6 nitrogen and oxygen atoms in total. The van der Waals surface area contributed by atoms with Crippen LogP contribution in [-0.2, 0) is 4.74 Å². The summed E-state index contributed by atoms with van der Waals surface area (Å²) in [4.78, 5) is 20.0. The van der Waals surface area contributed by atoms with Crippen molar-refractivity contribution in [2.45, 2.75) is 27.2 Å². The Balaban J connectivity index is 2.27. The van der Waals surface area contributed by atoms with E-state index in [1.54, 1.807) is 6.20 Å². The van der Waals surface area contributed by atoms with Crippen LogP contribution < -0.4 is 10.6 Å². The van der Waals surface area contributed by atoms with E-state index in [1.807, 2.05) is 6.92 Å². The molecule has 1 aromatic heterocycles. The topological polar surface area (TPSA) is 76.1 Å². The fourth-order valence-corrected chi connectivity index (χ4v) is 1.49. The molecule has 1 aromatic rings. The van der Waals surface area contributed by atoms with Crippen LogP contribution in [0.4, 0.5) is 5.82 Å². The van der Waals surface area contributed by atoms with Crippen molar-refractivity contribution in [3.8, 4) is 0 Å². The van der Waals surface area contributed by atoms with Crippen molar-refractivity contribution in [3.05, 3.63) is 18.1 Å². The van der Waals surface area contributed by atoms with Crippen LogP contribution in [0.25, 0.3) is 0 Å². The monoisotopic (exact) mass is 280 g/mol. The molecule has 0 aliphatic carbocycles. The van der Waals surface area contributed by atoms with Crippen LogP contribution in [0.15, 0.2) is 12.4 Å². The zero-order valence-corrected chi connectivity index (χ0v) is 12.5. The molecule has 0 fully saturated rings. The maximum absolute atomic E-state index is 11.8. The number of ether oxygens (including phenoxy) is 1. The van der Waals surface area contributed by atoms with Crippen LogP contribution >= 0.6 is 0 Å². The van der Waals surface area contributed by atoms with E-state index in [9.17, 15) is 4.79 Å². The Hall–Kier alpha value is -1.69. The highest BCUT2D eigenvalue weighted by Gasteiger charge is 2.07. The van der Waals surface area contributed by atoms with Crippen LogP contribution in [0.1, 0.15) is 37.7 Å². The molecule has 0 bridgehead atoms. The summed E-state index contributed by atoms with van der Waals surface area (Å²) >= 11 is 0. The van der Waals surface area contributed by atoms with Crippen molar-refractivity contribution < 1.29 is 9.53 Å². The summed E-state index contributed by atoms with van der Waals surface area (Å²) in [6.07, 6.45) is 4.08. The third kappa shape index (κ3) is 6.47. The van der Waals surface area contributed by atoms with E-state index < -0.39 is 0 Å². The van der Waals surface area contributed by atoms with Crippen molar-refractivity contribution in [3.63, 3.8) is 0 Å². The van der Waals surface area contributed by atoms with Gasteiger partial charge in [0.1, 0.15) is 11.5 Å². The maximum atomic E-state index is 11.8. The average Bonchev–Trinajstić information content (AvgIpc) is 2.43. The quantitative estimate of drug-likeness (QED) is 0.673. The molecule has 0 saturated carbocycles. The van der Waals surface area contributed by atoms with Gasteiger partial charge in [0.15, 0.2) is 0 Å². The lowest BCUT2D eigenvalue weighted by Crippen LogP contribution is -2.28. The molecule has 20 heavy (non-hydrogen) atoms. The normalized spacial score (nSPS) is 10.6. The smallest absolute Gasteiger partial charge is 0.271 e. The fraction of sp³-hybridized carbons (Fsp3) is 0.643. The number of nitrogens with one attached hydrogen (secondary N) is 2. The molecule has 1 amide bonds. The lowest BCUT2D eigenvalue weighted by atomic mass is 10.1. The van der Waals surface area contributed by atoms with Gasteiger partial charge in [0.25, 0.3) is 5.91 Å². The molecule has 0 aliphatic heterocycles. The Morgan fingerprint density at radius 2 is 2.15 bits per heavy atom. The summed E-state index contributed by atoms with van der Waals surface area (Å²) in [5.41, 5.74) is 0.311. The highest BCUT2D eigenvalue weighted by molar-refractivity contribution is 5.92. The second-order valence-corrected chi connectivity index (χ2v) is 4.87. The van der Waals surface area contributed by atoms with Gasteiger partial charge in [-0.1, -0.05) is 13.8 Å². The Bertz CT molecular complexity index is 410. The van der Waals surface area contributed by atoms with Crippen molar-refractivity contribution in [1.82, 2.24) is 15.3 Å². The van der Waals surface area contributed by atoms with Crippen LogP contribution in [0.5, 0.6) is 0 Å². The van der Waals surface area contributed by atoms with Gasteiger partial charge in [-0.2, -0.15) is 0 Å². The number of hydrogen-bond donors (Lipinski definition) is 2. The van der Waals surface area contributed by atoms with Gasteiger partial charge < -0.3 is 15.4 Å². The zero-order valence-electron chi connectivity index (χ0n) is 12.5. The Kier molecular flexibility index (Phi) is 7.57. The van der Waals surface area contributed by atoms with Crippen molar-refractivity contribution >= 4 is 11.7 Å². The summed E-state index contributed by atoms with van der Waals surface area (Å²) in [5, 5.41) is 5.78. The van der Waals surface area contributed by atoms with Crippen LogP contribution in [0, 0.1) is 5.92 Å². The van der Waals surface area contributed by atoms with E-state index in [-0.39, 0.29) is 5.91 Å². The first-order valence-electron chi connectivity index (χ1n) is 7.05. The number of anilines is 1. The maximum Gasteiger partial charge on any atom is 0.271 e. The summed E-state index contributed by atoms with van der Waals surface area (Å²) in [7, 11) is 0. The Labute approximate surface area is 120 Å². The first-order valence-corrected chi connectivity index (χ1v) is 7.05. The molecule has 1 rings (SSSR count). The average molecular weight is 280 g/mol. The van der Waals surface area contributed by atoms with E-state index in [0.29, 0.717) is 30.6 Å². The second-order valence-electron chi connectivity index (χ2n) is 4.87. The minimum absolute atomic E-state index is 0.232. The van der Waals surface area contributed by atoms with Gasteiger partial charge in [-0.15, -0.1) is 0 Å². The van der Waals surface area contributed by atoms with Gasteiger partial charge in [-0.25, -0.2) is 4.98 Å². The summed E-state index contributed by atoms with van der Waals surface area (Å²) < 4.78 is 5.43. The molecule has 112 valence electrons. The molecular formula is C14H24N4O2. The third-order valence-corrected chi connectivity index (χ3v) is 2.60. The summed E-state index contributed by atoms with van der Waals surface area (Å²) in [6, 6.07) is 0. The summed E-state index contributed by atoms with van der Waals surface area (Å²) in [6.45, 7) is 8.72. The molecule has 2 N–H and O–H groups in total. The van der Waals surface area contributed by atoms with Gasteiger partial charge >= 0.3 is 0 Å². The molecule has 0 aliphatic rings. The standard InChI is InChI=1S/C14H24N4O2/c1-4-16-13-10-15-9-12(18-13)14(19)17-6-8-20-7-5-11(2)3/h9-11H,4-8H2,1-3H3,(H,16,18)(H,17,19). The molecule has 0 unspecified atom stereocenters. The summed E-state index contributed by atoms with van der Waals surface area (Å²) in [5.74, 6) is 1.01. The second kappa shape index (κ2) is 9.25. The molecule has 0 aromatic carbocycles. The van der Waals surface area contributed by atoms with E-state index in [1.165, 1.54) is 6.20 Å². The van der Waals surface area contributed by atoms with Gasteiger partial charge in [-0.3, -0.25) is 9.78 Å². The van der Waals surface area contributed by atoms with E-state index in [4.69, 9.17) is 4.74 Å². The number of hydrogen-bond acceptors (Lipinski definition) is 5. The number of carbonyl (C=O) groups is 1. The van der Waals surface area contributed by atoms with Crippen molar-refractivity contribution in [2.24, 2.45) is 5.92 Å². The highest BCUT2D eigenvalue weighted by Crippen LogP contribution is 2.01. The number of amides is 1. The van der Waals surface area contributed by atoms with E-state index >= 15 is 0 Å². The number of nitrogens with zero attached hydrogens (tertiary/aromatic N) is 2. The van der Waals surface area contributed by atoms with Crippen LogP contribution in [0.2, 0.25) is 0 Å². The van der Waals surface area contributed by atoms with Crippen molar-refractivity contribution in [2.75, 3.05) is 31.6 Å². The van der Waals surface area contributed by atoms with Crippen molar-refractivity contribution in [1.29, 1.82) is 0 Å². The predicted molar refractivity (Wildman–Crippen MR) is 78.8 cm³/mol. The van der Waals surface area contributed by atoms with Gasteiger partial charge in [0.2, 0.25) is 0 Å². The molecule has 0 atom stereocenters. The number of aromatic nitrogens is 2. The first kappa shape index (κ1) is 16.4. The Morgan fingerprint density at radius 1 is 1.35 bits per heavy atom. The van der Waals surface area contributed by atoms with Crippen LogP contribution in [-0.4, -0.2) is 42.2 Å². The first-order chi connectivity index (χ1) is 9.63.